The number of hydrogen-bond donors (Lipinski definition) is 1. The summed E-state index contributed by atoms with van der Waals surface area (Å²) in [6.45, 7) is 5.57. The van der Waals surface area contributed by atoms with Crippen molar-refractivity contribution >= 4 is 92.1 Å². The minimum atomic E-state index is -3.92. The Morgan fingerprint density at radius 1 is 0.577 bits per heavy atom. The van der Waals surface area contributed by atoms with E-state index >= 15 is 0 Å². The second-order valence-electron chi connectivity index (χ2n) is 17.0. The fraction of sp³-hybridized carbons (Fsp3) is 0.309. The van der Waals surface area contributed by atoms with Crippen LogP contribution in [0.1, 0.15) is 66.7 Å². The number of carbonyl (C=O) groups excluding carboxylic acids is 2. The van der Waals surface area contributed by atoms with Crippen LogP contribution in [-0.2, 0) is 19.7 Å². The number of amides is 1. The van der Waals surface area contributed by atoms with Gasteiger partial charge in [0.2, 0.25) is 5.91 Å². The van der Waals surface area contributed by atoms with Gasteiger partial charge in [-0.2, -0.15) is 0 Å². The molecule has 0 radical (unpaired) electrons. The van der Waals surface area contributed by atoms with Crippen molar-refractivity contribution in [1.29, 1.82) is 0 Å². The molecule has 71 heavy (non-hydrogen) atoms. The fourth-order valence-electron chi connectivity index (χ4n) is 8.40. The molecule has 1 amide bonds. The molecule has 0 aromatic heterocycles. The summed E-state index contributed by atoms with van der Waals surface area (Å²) in [4.78, 5) is 45.9. The first-order valence-corrected chi connectivity index (χ1v) is 30.4. The molecular weight excluding hydrogens is 1050 g/mol. The van der Waals surface area contributed by atoms with Gasteiger partial charge in [0, 0.05) is 62.8 Å². The smallest absolute Gasteiger partial charge is 0.225 e. The molecule has 0 saturated carbocycles. The van der Waals surface area contributed by atoms with Crippen LogP contribution in [-0.4, -0.2) is 60.3 Å². The molecule has 6 aromatic carbocycles. The molecule has 1 N–H and O–H groups in total. The second kappa shape index (κ2) is 32.6. The Balaban J connectivity index is 0.000000455. The van der Waals surface area contributed by atoms with Gasteiger partial charge in [-0.25, -0.2) is 8.42 Å². The lowest BCUT2D eigenvalue weighted by molar-refractivity contribution is -0.129. The number of unbranched alkanes of at least 4 members (excludes halogenated alkanes) is 3. The molecule has 0 aliphatic carbocycles. The van der Waals surface area contributed by atoms with Crippen LogP contribution in [0.5, 0.6) is 0 Å². The number of rotatable bonds is 24. The van der Waals surface area contributed by atoms with Crippen molar-refractivity contribution in [1.82, 2.24) is 5.32 Å². The zero-order chi connectivity index (χ0) is 50.0. The standard InChI is InChI=1S/C31H37N2O3PS.C22H23NOPS.CH4O3S.CH4.BrH/c1-25(34)24-29(31(2,3)38-33-36)30(35)32-22-14-7-15-23-37(26-16-8-4-9-17-26,27-18-10-5-11-19-27)28-20-12-6-13-21-28;24-23-26-19-11-10-18-25(20-12-4-1-5-13-20,21-14-6-2-7-15-21)22-16-8-3-9-17-22;1-5(2,3)4;;/h4-6,8-13,16-21,29H,7,14-15,22-24H2,1-3H3;1-9,12-17H,10-11,18-19H2;1H3,(H,2,3,4);1H4;1H/q;+1;;;/p-1. The van der Waals surface area contributed by atoms with E-state index in [1.807, 2.05) is 0 Å². The topological polar surface area (TPSA) is 162 Å². The number of nitroso groups, excluding NO2 is 2. The Morgan fingerprint density at radius 2 is 0.887 bits per heavy atom. The van der Waals surface area contributed by atoms with Crippen LogP contribution in [0.25, 0.3) is 0 Å². The number of hydrogen-bond acceptors (Lipinski definition) is 11. The number of nitrogens with one attached hydrogen (secondary N) is 1. The van der Waals surface area contributed by atoms with Gasteiger partial charge in [-0.15, -0.1) is 9.81 Å². The van der Waals surface area contributed by atoms with Gasteiger partial charge in [0.15, 0.2) is 0 Å². The Kier molecular flexibility index (Phi) is 28.8. The molecule has 6 aromatic rings. The zero-order valence-electron chi connectivity index (χ0n) is 40.2. The normalized spacial score (nSPS) is 11.6. The third kappa shape index (κ3) is 19.9. The second-order valence-corrected chi connectivity index (χ2v) is 27.8. The molecule has 1 atom stereocenters. The molecule has 0 spiro atoms. The van der Waals surface area contributed by atoms with Crippen molar-refractivity contribution in [3.05, 3.63) is 192 Å². The summed E-state index contributed by atoms with van der Waals surface area (Å²) in [7, 11) is -7.49. The lowest BCUT2D eigenvalue weighted by atomic mass is 9.89. The number of carbonyl (C=O) groups is 2. The molecule has 0 aliphatic rings. The van der Waals surface area contributed by atoms with Crippen LogP contribution in [0.4, 0.5) is 0 Å². The molecule has 0 bridgehead atoms. The lowest BCUT2D eigenvalue weighted by Gasteiger charge is -2.29. The molecule has 10 nitrogen and oxygen atoms in total. The highest BCUT2D eigenvalue weighted by atomic mass is 79.9. The van der Waals surface area contributed by atoms with Gasteiger partial charge >= 0.3 is 0 Å². The third-order valence-electron chi connectivity index (χ3n) is 11.6. The molecule has 0 saturated heterocycles. The number of Topliss-reactive ketones (excluding diaryl/α,β-unsaturated/α-hetero) is 1. The Morgan fingerprint density at radius 3 is 1.17 bits per heavy atom. The predicted molar refractivity (Wildman–Crippen MR) is 303 cm³/mol. The van der Waals surface area contributed by atoms with Crippen LogP contribution >= 0.6 is 38.4 Å². The number of nitrogens with zero attached hydrogens (tertiary/aromatic N) is 2. The van der Waals surface area contributed by atoms with Crippen molar-refractivity contribution in [2.75, 3.05) is 30.9 Å². The van der Waals surface area contributed by atoms with Crippen molar-refractivity contribution in [3.63, 3.8) is 0 Å². The van der Waals surface area contributed by atoms with E-state index in [0.717, 1.165) is 74.1 Å². The SMILES string of the molecule is C.CC(=O)CC(C(=O)NCCCCC[P+](c1ccccc1)(c1ccccc1)c1ccccc1)C(C)(C)SN=O.CS(=O)(=O)[O-].O=NSCCCC[P+](c1ccccc1)(c1ccccc1)c1ccccc1.[Br-]. The summed E-state index contributed by atoms with van der Waals surface area (Å²) in [5.41, 5.74) is 0. The van der Waals surface area contributed by atoms with Crippen molar-refractivity contribution in [2.24, 2.45) is 15.1 Å². The first-order chi connectivity index (χ1) is 33.2. The van der Waals surface area contributed by atoms with Crippen LogP contribution in [0.15, 0.2) is 191 Å². The quantitative estimate of drug-likeness (QED) is 0.0208. The van der Waals surface area contributed by atoms with Gasteiger partial charge in [-0.05, 0) is 126 Å². The first kappa shape index (κ1) is 62.7. The molecular formula is C55H68BrN3O7P2S3. The summed E-state index contributed by atoms with van der Waals surface area (Å²) in [6, 6.07) is 65.3. The molecule has 6 rings (SSSR count). The molecule has 1 unspecified atom stereocenters. The molecule has 0 aliphatic heterocycles. The maximum atomic E-state index is 12.9. The zero-order valence-corrected chi connectivity index (χ0v) is 46.0. The Bertz CT molecular complexity index is 2360. The maximum absolute atomic E-state index is 12.9. The van der Waals surface area contributed by atoms with Gasteiger partial charge in [-0.3, -0.25) is 4.79 Å². The van der Waals surface area contributed by atoms with Gasteiger partial charge < -0.3 is 31.6 Å². The van der Waals surface area contributed by atoms with Gasteiger partial charge in [0.1, 0.15) is 52.1 Å². The summed E-state index contributed by atoms with van der Waals surface area (Å²) in [6.07, 6.45) is 7.77. The van der Waals surface area contributed by atoms with Crippen molar-refractivity contribution in [2.45, 2.75) is 71.5 Å². The largest absolute Gasteiger partial charge is 1.00 e. The van der Waals surface area contributed by atoms with Crippen LogP contribution in [0.3, 0.4) is 0 Å². The minimum Gasteiger partial charge on any atom is -1.00 e. The molecule has 0 fully saturated rings. The van der Waals surface area contributed by atoms with E-state index < -0.39 is 35.3 Å². The Labute approximate surface area is 443 Å². The van der Waals surface area contributed by atoms with Gasteiger partial charge in [0.05, 0.1) is 28.4 Å². The van der Waals surface area contributed by atoms with E-state index in [1.165, 1.54) is 38.8 Å². The van der Waals surface area contributed by atoms with Crippen molar-refractivity contribution < 1.29 is 39.5 Å². The minimum absolute atomic E-state index is 0. The van der Waals surface area contributed by atoms with E-state index in [0.29, 0.717) is 12.8 Å². The lowest BCUT2D eigenvalue weighted by Crippen LogP contribution is -3.00. The fourth-order valence-corrected chi connectivity index (χ4v) is 18.1. The first-order valence-electron chi connectivity index (χ1n) is 22.9. The highest BCUT2D eigenvalue weighted by Gasteiger charge is 2.46. The number of benzene rings is 6. The van der Waals surface area contributed by atoms with E-state index in [4.69, 9.17) is 13.0 Å². The average Bonchev–Trinajstić information content (AvgIpc) is 3.35. The Hall–Kier alpha value is -4.39. The summed E-state index contributed by atoms with van der Waals surface area (Å²) in [5.74, 6) is -0.0775. The summed E-state index contributed by atoms with van der Waals surface area (Å²) < 4.78 is 32.3. The highest BCUT2D eigenvalue weighted by molar-refractivity contribution is 7.99. The number of ketones is 1. The maximum Gasteiger partial charge on any atom is 0.225 e. The van der Waals surface area contributed by atoms with E-state index in [9.17, 15) is 19.4 Å². The van der Waals surface area contributed by atoms with Crippen LogP contribution in [0.2, 0.25) is 0 Å². The van der Waals surface area contributed by atoms with Crippen molar-refractivity contribution in [3.8, 4) is 0 Å². The highest BCUT2D eigenvalue weighted by Crippen LogP contribution is 2.57. The summed E-state index contributed by atoms with van der Waals surface area (Å²) >= 11 is 1.94. The molecule has 0 heterocycles. The van der Waals surface area contributed by atoms with Crippen LogP contribution in [0, 0.1) is 15.7 Å². The monoisotopic (exact) mass is 1120 g/mol. The van der Waals surface area contributed by atoms with Gasteiger partial charge in [0.25, 0.3) is 0 Å². The van der Waals surface area contributed by atoms with E-state index in [2.05, 4.69) is 196 Å². The third-order valence-corrected chi connectivity index (χ3v) is 22.1. The average molecular weight is 1120 g/mol. The van der Waals surface area contributed by atoms with E-state index in [-0.39, 0.29) is 42.5 Å². The molecule has 16 heteroatoms. The van der Waals surface area contributed by atoms with Crippen LogP contribution < -0.4 is 54.1 Å². The summed E-state index contributed by atoms with van der Waals surface area (Å²) in [5, 5.41) is 11.4. The predicted octanol–water partition coefficient (Wildman–Crippen LogP) is 8.03. The van der Waals surface area contributed by atoms with Gasteiger partial charge in [-0.1, -0.05) is 117 Å². The molecule has 380 valence electrons. The number of halogens is 1. The van der Waals surface area contributed by atoms with E-state index in [1.54, 1.807) is 13.8 Å².